The van der Waals surface area contributed by atoms with Crippen LogP contribution >= 0.6 is 0 Å². The Labute approximate surface area is 101 Å². The second-order valence-corrected chi connectivity index (χ2v) is 4.51. The molecule has 2 atom stereocenters. The van der Waals surface area contributed by atoms with Gasteiger partial charge in [-0.15, -0.1) is 0 Å². The number of carbonyl (C=O) groups is 1. The SMILES string of the molecule is NC(=O)c1ccccc1NC1CCCCC1O. The first kappa shape index (κ1) is 11.9. The molecule has 1 amide bonds. The van der Waals surface area contributed by atoms with E-state index in [9.17, 15) is 9.90 Å². The van der Waals surface area contributed by atoms with Gasteiger partial charge < -0.3 is 16.2 Å². The summed E-state index contributed by atoms with van der Waals surface area (Å²) in [6, 6.07) is 7.16. The monoisotopic (exact) mass is 234 g/mol. The molecule has 0 bridgehead atoms. The topological polar surface area (TPSA) is 75.4 Å². The summed E-state index contributed by atoms with van der Waals surface area (Å²) in [5, 5.41) is 13.1. The first-order valence-electron chi connectivity index (χ1n) is 6.02. The maximum Gasteiger partial charge on any atom is 0.250 e. The van der Waals surface area contributed by atoms with Gasteiger partial charge in [0.05, 0.1) is 17.7 Å². The third kappa shape index (κ3) is 2.77. The fourth-order valence-electron chi connectivity index (χ4n) is 2.30. The summed E-state index contributed by atoms with van der Waals surface area (Å²) in [5.41, 5.74) is 6.50. The number of carbonyl (C=O) groups excluding carboxylic acids is 1. The maximum atomic E-state index is 11.3. The highest BCUT2D eigenvalue weighted by atomic mass is 16.3. The van der Waals surface area contributed by atoms with Gasteiger partial charge in [-0.05, 0) is 25.0 Å². The number of hydrogen-bond donors (Lipinski definition) is 3. The number of hydrogen-bond acceptors (Lipinski definition) is 3. The average molecular weight is 234 g/mol. The average Bonchev–Trinajstić information content (AvgIpc) is 2.32. The Morgan fingerprint density at radius 1 is 1.29 bits per heavy atom. The van der Waals surface area contributed by atoms with E-state index < -0.39 is 5.91 Å². The standard InChI is InChI=1S/C13H18N2O2/c14-13(17)9-5-1-2-6-10(9)15-11-7-3-4-8-12(11)16/h1-2,5-6,11-12,15-16H,3-4,7-8H2,(H2,14,17). The summed E-state index contributed by atoms with van der Waals surface area (Å²) in [5.74, 6) is -0.446. The molecule has 0 heterocycles. The van der Waals surface area contributed by atoms with Crippen molar-refractivity contribution in [3.63, 3.8) is 0 Å². The van der Waals surface area contributed by atoms with Crippen molar-refractivity contribution in [1.82, 2.24) is 0 Å². The van der Waals surface area contributed by atoms with Crippen LogP contribution < -0.4 is 11.1 Å². The Kier molecular flexibility index (Phi) is 3.64. The molecule has 2 rings (SSSR count). The van der Waals surface area contributed by atoms with Crippen molar-refractivity contribution in [2.75, 3.05) is 5.32 Å². The Morgan fingerprint density at radius 3 is 2.71 bits per heavy atom. The van der Waals surface area contributed by atoms with Crippen molar-refractivity contribution in [3.8, 4) is 0 Å². The molecule has 0 aromatic heterocycles. The molecule has 2 unspecified atom stereocenters. The van der Waals surface area contributed by atoms with Crippen molar-refractivity contribution < 1.29 is 9.90 Å². The molecule has 17 heavy (non-hydrogen) atoms. The normalized spacial score (nSPS) is 24.3. The fraction of sp³-hybridized carbons (Fsp3) is 0.462. The summed E-state index contributed by atoms with van der Waals surface area (Å²) < 4.78 is 0. The highest BCUT2D eigenvalue weighted by Gasteiger charge is 2.23. The second-order valence-electron chi connectivity index (χ2n) is 4.51. The lowest BCUT2D eigenvalue weighted by Crippen LogP contribution is -2.36. The number of nitrogens with one attached hydrogen (secondary N) is 1. The molecule has 0 aliphatic heterocycles. The first-order valence-corrected chi connectivity index (χ1v) is 6.02. The van der Waals surface area contributed by atoms with Crippen LogP contribution in [0.25, 0.3) is 0 Å². The number of rotatable bonds is 3. The summed E-state index contributed by atoms with van der Waals surface area (Å²) in [4.78, 5) is 11.3. The molecule has 0 radical (unpaired) electrons. The summed E-state index contributed by atoms with van der Waals surface area (Å²) >= 11 is 0. The minimum Gasteiger partial charge on any atom is -0.391 e. The van der Waals surface area contributed by atoms with Crippen LogP contribution in [-0.2, 0) is 0 Å². The minimum atomic E-state index is -0.446. The molecule has 0 saturated heterocycles. The Hall–Kier alpha value is -1.55. The molecule has 4 nitrogen and oxygen atoms in total. The van der Waals surface area contributed by atoms with Crippen molar-refractivity contribution in [1.29, 1.82) is 0 Å². The molecule has 4 N–H and O–H groups in total. The highest BCUT2D eigenvalue weighted by molar-refractivity contribution is 5.98. The van der Waals surface area contributed by atoms with E-state index in [1.54, 1.807) is 12.1 Å². The Bertz CT molecular complexity index is 406. The number of amides is 1. The third-order valence-electron chi connectivity index (χ3n) is 3.26. The summed E-state index contributed by atoms with van der Waals surface area (Å²) in [7, 11) is 0. The van der Waals surface area contributed by atoms with Crippen LogP contribution in [0, 0.1) is 0 Å². The highest BCUT2D eigenvalue weighted by Crippen LogP contribution is 2.24. The molecule has 1 aliphatic carbocycles. The zero-order chi connectivity index (χ0) is 12.3. The van der Waals surface area contributed by atoms with Crippen LogP contribution in [0.1, 0.15) is 36.0 Å². The van der Waals surface area contributed by atoms with Crippen molar-refractivity contribution >= 4 is 11.6 Å². The lowest BCUT2D eigenvalue weighted by Gasteiger charge is -2.29. The van der Waals surface area contributed by atoms with E-state index in [2.05, 4.69) is 5.32 Å². The van der Waals surface area contributed by atoms with Gasteiger partial charge in [0.15, 0.2) is 0 Å². The molecule has 1 saturated carbocycles. The van der Waals surface area contributed by atoms with Gasteiger partial charge in [0, 0.05) is 5.69 Å². The van der Waals surface area contributed by atoms with Crippen LogP contribution in [0.4, 0.5) is 5.69 Å². The van der Waals surface area contributed by atoms with E-state index in [1.807, 2.05) is 12.1 Å². The lowest BCUT2D eigenvalue weighted by atomic mass is 9.92. The largest absolute Gasteiger partial charge is 0.391 e. The van der Waals surface area contributed by atoms with Crippen LogP contribution in [-0.4, -0.2) is 23.2 Å². The van der Waals surface area contributed by atoms with E-state index in [4.69, 9.17) is 5.73 Å². The summed E-state index contributed by atoms with van der Waals surface area (Å²) in [6.07, 6.45) is 3.57. The van der Waals surface area contributed by atoms with Gasteiger partial charge in [0.25, 0.3) is 5.91 Å². The number of para-hydroxylation sites is 1. The molecule has 1 fully saturated rings. The summed E-state index contributed by atoms with van der Waals surface area (Å²) in [6.45, 7) is 0. The van der Waals surface area contributed by atoms with Gasteiger partial charge in [0.1, 0.15) is 0 Å². The van der Waals surface area contributed by atoms with Gasteiger partial charge in [-0.2, -0.15) is 0 Å². The molecule has 0 spiro atoms. The van der Waals surface area contributed by atoms with E-state index in [1.165, 1.54) is 0 Å². The third-order valence-corrected chi connectivity index (χ3v) is 3.26. The molecular weight excluding hydrogens is 216 g/mol. The number of nitrogens with two attached hydrogens (primary N) is 1. The first-order chi connectivity index (χ1) is 8.18. The van der Waals surface area contributed by atoms with Gasteiger partial charge in [-0.25, -0.2) is 0 Å². The number of primary amides is 1. The number of aliphatic hydroxyl groups excluding tert-OH is 1. The van der Waals surface area contributed by atoms with Crippen LogP contribution in [0.15, 0.2) is 24.3 Å². The van der Waals surface area contributed by atoms with Crippen molar-refractivity contribution in [2.45, 2.75) is 37.8 Å². The van der Waals surface area contributed by atoms with Crippen LogP contribution in [0.2, 0.25) is 0 Å². The van der Waals surface area contributed by atoms with Gasteiger partial charge in [0.2, 0.25) is 0 Å². The smallest absolute Gasteiger partial charge is 0.250 e. The van der Waals surface area contributed by atoms with Crippen molar-refractivity contribution in [2.24, 2.45) is 5.73 Å². The number of anilines is 1. The van der Waals surface area contributed by atoms with E-state index >= 15 is 0 Å². The molecular formula is C13H18N2O2. The van der Waals surface area contributed by atoms with E-state index in [0.717, 1.165) is 25.7 Å². The number of aliphatic hydroxyl groups is 1. The van der Waals surface area contributed by atoms with E-state index in [0.29, 0.717) is 11.3 Å². The fourth-order valence-corrected chi connectivity index (χ4v) is 2.30. The second kappa shape index (κ2) is 5.19. The molecule has 1 aromatic rings. The minimum absolute atomic E-state index is 0.0178. The lowest BCUT2D eigenvalue weighted by molar-refractivity contribution is 0.0999. The predicted octanol–water partition coefficient (Wildman–Crippen LogP) is 1.50. The molecule has 92 valence electrons. The molecule has 4 heteroatoms. The maximum absolute atomic E-state index is 11.3. The number of benzene rings is 1. The van der Waals surface area contributed by atoms with Gasteiger partial charge in [-0.3, -0.25) is 4.79 Å². The van der Waals surface area contributed by atoms with Gasteiger partial charge in [-0.1, -0.05) is 25.0 Å². The zero-order valence-corrected chi connectivity index (χ0v) is 9.73. The Morgan fingerprint density at radius 2 is 2.00 bits per heavy atom. The van der Waals surface area contributed by atoms with Gasteiger partial charge >= 0.3 is 0 Å². The van der Waals surface area contributed by atoms with Crippen molar-refractivity contribution in [3.05, 3.63) is 29.8 Å². The van der Waals surface area contributed by atoms with Crippen LogP contribution in [0.5, 0.6) is 0 Å². The Balaban J connectivity index is 2.14. The molecule has 1 aromatic carbocycles. The van der Waals surface area contributed by atoms with E-state index in [-0.39, 0.29) is 12.1 Å². The quantitative estimate of drug-likeness (QED) is 0.742. The molecule has 1 aliphatic rings. The predicted molar refractivity (Wildman–Crippen MR) is 66.8 cm³/mol. The van der Waals surface area contributed by atoms with Crippen LogP contribution in [0.3, 0.4) is 0 Å². The zero-order valence-electron chi connectivity index (χ0n) is 9.73.